The monoisotopic (exact) mass is 264 g/mol. The number of rotatable bonds is 3. The summed E-state index contributed by atoms with van der Waals surface area (Å²) in [6.45, 7) is 2.06. The summed E-state index contributed by atoms with van der Waals surface area (Å²) in [5.41, 5.74) is 8.74. The molecule has 2 rings (SSSR count). The molecule has 1 heterocycles. The summed E-state index contributed by atoms with van der Waals surface area (Å²) < 4.78 is 0. The maximum Gasteiger partial charge on any atom is 0.0543 e. The van der Waals surface area contributed by atoms with Crippen LogP contribution in [0.15, 0.2) is 41.4 Å². The Labute approximate surface area is 110 Å². The molecule has 1 aromatic carbocycles. The first-order valence-corrected chi connectivity index (χ1v) is 6.61. The van der Waals surface area contributed by atoms with Gasteiger partial charge >= 0.3 is 0 Å². The zero-order valence-corrected chi connectivity index (χ0v) is 11.1. The zero-order valence-electron chi connectivity index (χ0n) is 9.48. The van der Waals surface area contributed by atoms with Gasteiger partial charge in [-0.1, -0.05) is 17.7 Å². The average Bonchev–Trinajstić information content (AvgIpc) is 2.32. The van der Waals surface area contributed by atoms with Crippen LogP contribution in [-0.4, -0.2) is 4.98 Å². The molecule has 17 heavy (non-hydrogen) atoms. The van der Waals surface area contributed by atoms with Gasteiger partial charge in [0.2, 0.25) is 0 Å². The van der Waals surface area contributed by atoms with Crippen LogP contribution in [0.3, 0.4) is 0 Å². The van der Waals surface area contributed by atoms with Crippen molar-refractivity contribution in [2.24, 2.45) is 0 Å². The molecule has 88 valence electrons. The summed E-state index contributed by atoms with van der Waals surface area (Å²) in [6, 6.07) is 9.52. The second-order valence-electron chi connectivity index (χ2n) is 3.75. The van der Waals surface area contributed by atoms with E-state index in [1.165, 1.54) is 5.56 Å². The molecule has 0 amide bonds. The number of nitrogens with two attached hydrogens (primary N) is 1. The fraction of sp³-hybridized carbons (Fsp3) is 0.154. The number of aryl methyl sites for hydroxylation is 1. The van der Waals surface area contributed by atoms with Crippen molar-refractivity contribution in [3.05, 3.63) is 52.8 Å². The fourth-order valence-electron chi connectivity index (χ4n) is 1.45. The van der Waals surface area contributed by atoms with Gasteiger partial charge in [-0.05, 0) is 36.8 Å². The Morgan fingerprint density at radius 3 is 2.94 bits per heavy atom. The molecule has 2 N–H and O–H groups in total. The van der Waals surface area contributed by atoms with E-state index in [0.717, 1.165) is 27.1 Å². The van der Waals surface area contributed by atoms with Gasteiger partial charge in [-0.25, -0.2) is 0 Å². The lowest BCUT2D eigenvalue weighted by atomic mass is 10.2. The normalized spacial score (nSPS) is 10.5. The Bertz CT molecular complexity index is 529. The van der Waals surface area contributed by atoms with Crippen LogP contribution < -0.4 is 5.73 Å². The van der Waals surface area contributed by atoms with Crippen LogP contribution in [0.1, 0.15) is 11.3 Å². The highest BCUT2D eigenvalue weighted by atomic mass is 35.5. The molecule has 0 aliphatic rings. The van der Waals surface area contributed by atoms with Crippen molar-refractivity contribution in [2.45, 2.75) is 17.6 Å². The highest BCUT2D eigenvalue weighted by molar-refractivity contribution is 7.98. The predicted molar refractivity (Wildman–Crippen MR) is 74.4 cm³/mol. The highest BCUT2D eigenvalue weighted by Crippen LogP contribution is 2.31. The molecule has 4 heteroatoms. The summed E-state index contributed by atoms with van der Waals surface area (Å²) in [5, 5.41) is 0.734. The van der Waals surface area contributed by atoms with Crippen molar-refractivity contribution in [3.63, 3.8) is 0 Å². The third-order valence-electron chi connectivity index (χ3n) is 2.44. The van der Waals surface area contributed by atoms with Crippen LogP contribution in [0.4, 0.5) is 5.69 Å². The molecular formula is C13H13ClN2S. The maximum absolute atomic E-state index is 6.11. The smallest absolute Gasteiger partial charge is 0.0543 e. The number of benzene rings is 1. The van der Waals surface area contributed by atoms with E-state index in [0.29, 0.717) is 0 Å². The molecule has 0 bridgehead atoms. The van der Waals surface area contributed by atoms with Gasteiger partial charge < -0.3 is 5.73 Å². The molecule has 0 unspecified atom stereocenters. The molecule has 0 aliphatic carbocycles. The third kappa shape index (κ3) is 3.14. The highest BCUT2D eigenvalue weighted by Gasteiger charge is 2.04. The molecule has 2 nitrogen and oxygen atoms in total. The topological polar surface area (TPSA) is 38.9 Å². The van der Waals surface area contributed by atoms with E-state index < -0.39 is 0 Å². The van der Waals surface area contributed by atoms with E-state index in [9.17, 15) is 0 Å². The van der Waals surface area contributed by atoms with Crippen molar-refractivity contribution < 1.29 is 0 Å². The Morgan fingerprint density at radius 2 is 2.18 bits per heavy atom. The third-order valence-corrected chi connectivity index (χ3v) is 3.95. The van der Waals surface area contributed by atoms with Crippen LogP contribution in [0.25, 0.3) is 0 Å². The lowest BCUT2D eigenvalue weighted by molar-refractivity contribution is 1.13. The van der Waals surface area contributed by atoms with E-state index in [1.54, 1.807) is 17.8 Å². The van der Waals surface area contributed by atoms with E-state index in [-0.39, 0.29) is 0 Å². The number of nitrogens with zero attached hydrogens (tertiary/aromatic N) is 1. The summed E-state index contributed by atoms with van der Waals surface area (Å²) in [6.07, 6.45) is 1.81. The number of hydrogen-bond acceptors (Lipinski definition) is 3. The first kappa shape index (κ1) is 12.3. The molecule has 0 radical (unpaired) electrons. The van der Waals surface area contributed by atoms with Crippen LogP contribution >= 0.6 is 23.4 Å². The van der Waals surface area contributed by atoms with Crippen LogP contribution in [0.2, 0.25) is 5.02 Å². The summed E-state index contributed by atoms with van der Waals surface area (Å²) in [5.74, 6) is 0.801. The van der Waals surface area contributed by atoms with Gasteiger partial charge in [-0.3, -0.25) is 4.98 Å². The second kappa shape index (κ2) is 5.43. The number of thioether (sulfide) groups is 1. The Hall–Kier alpha value is -1.19. The first-order valence-electron chi connectivity index (χ1n) is 5.25. The van der Waals surface area contributed by atoms with Gasteiger partial charge in [0.05, 0.1) is 10.7 Å². The van der Waals surface area contributed by atoms with E-state index >= 15 is 0 Å². The summed E-state index contributed by atoms with van der Waals surface area (Å²) in [7, 11) is 0. The number of pyridine rings is 1. The molecule has 1 aromatic heterocycles. The maximum atomic E-state index is 6.11. The van der Waals surface area contributed by atoms with E-state index in [2.05, 4.69) is 18.0 Å². The molecule has 0 fully saturated rings. The minimum atomic E-state index is 0.731. The van der Waals surface area contributed by atoms with Crippen molar-refractivity contribution in [1.82, 2.24) is 4.98 Å². The van der Waals surface area contributed by atoms with Crippen molar-refractivity contribution in [1.29, 1.82) is 0 Å². The average molecular weight is 265 g/mol. The Balaban J connectivity index is 2.12. The number of hydrogen-bond donors (Lipinski definition) is 1. The number of halogens is 1. The summed E-state index contributed by atoms with van der Waals surface area (Å²) in [4.78, 5) is 5.35. The van der Waals surface area contributed by atoms with Crippen LogP contribution in [-0.2, 0) is 5.75 Å². The van der Waals surface area contributed by atoms with Crippen LogP contribution in [0, 0.1) is 6.92 Å². The lowest BCUT2D eigenvalue weighted by Gasteiger charge is -2.06. The number of nitrogen functional groups attached to an aromatic ring is 1. The van der Waals surface area contributed by atoms with Crippen molar-refractivity contribution >= 4 is 29.1 Å². The van der Waals surface area contributed by atoms with Crippen LogP contribution in [0.5, 0.6) is 0 Å². The first-order chi connectivity index (χ1) is 8.16. The standard InChI is InChI=1S/C13H13ClN2S/c1-9-3-2-6-16-12(9)8-17-13-7-10(15)4-5-11(13)14/h2-7H,8,15H2,1H3. The molecule has 0 atom stereocenters. The van der Waals surface area contributed by atoms with Gasteiger partial charge in [0.15, 0.2) is 0 Å². The second-order valence-corrected chi connectivity index (χ2v) is 5.17. The fourth-order valence-corrected chi connectivity index (χ4v) is 2.75. The lowest BCUT2D eigenvalue weighted by Crippen LogP contribution is -1.91. The van der Waals surface area contributed by atoms with E-state index in [4.69, 9.17) is 17.3 Å². The minimum absolute atomic E-state index is 0.731. The number of anilines is 1. The van der Waals surface area contributed by atoms with Gasteiger partial charge in [0.25, 0.3) is 0 Å². The molecule has 2 aromatic rings. The zero-order chi connectivity index (χ0) is 12.3. The Kier molecular flexibility index (Phi) is 3.92. The molecule has 0 spiro atoms. The predicted octanol–water partition coefficient (Wildman–Crippen LogP) is 3.92. The minimum Gasteiger partial charge on any atom is -0.399 e. The molecule has 0 aliphatic heterocycles. The Morgan fingerprint density at radius 1 is 1.35 bits per heavy atom. The van der Waals surface area contributed by atoms with E-state index in [1.807, 2.05) is 24.4 Å². The van der Waals surface area contributed by atoms with Gasteiger partial charge in [0.1, 0.15) is 0 Å². The summed E-state index contributed by atoms with van der Waals surface area (Å²) >= 11 is 7.76. The molecular weight excluding hydrogens is 252 g/mol. The SMILES string of the molecule is Cc1cccnc1CSc1cc(N)ccc1Cl. The molecule has 0 saturated carbocycles. The van der Waals surface area contributed by atoms with Gasteiger partial charge in [-0.2, -0.15) is 0 Å². The molecule has 0 saturated heterocycles. The van der Waals surface area contributed by atoms with Crippen molar-refractivity contribution in [2.75, 3.05) is 5.73 Å². The number of aromatic nitrogens is 1. The quantitative estimate of drug-likeness (QED) is 0.675. The largest absolute Gasteiger partial charge is 0.399 e. The van der Waals surface area contributed by atoms with Crippen molar-refractivity contribution in [3.8, 4) is 0 Å². The van der Waals surface area contributed by atoms with Gasteiger partial charge in [0, 0.05) is 22.5 Å². The van der Waals surface area contributed by atoms with Gasteiger partial charge in [-0.15, -0.1) is 11.8 Å².